The van der Waals surface area contributed by atoms with Crippen LogP contribution >= 0.6 is 35.7 Å². The smallest absolute Gasteiger partial charge is 0.191 e. The van der Waals surface area contributed by atoms with E-state index in [0.29, 0.717) is 12.2 Å². The Kier molecular flexibility index (Phi) is 11.3. The Bertz CT molecular complexity index is 574. The molecule has 1 heterocycles. The number of rotatable bonds is 8. The van der Waals surface area contributed by atoms with Gasteiger partial charge in [-0.25, -0.2) is 8.78 Å². The quantitative estimate of drug-likeness (QED) is 0.247. The Balaban J connectivity index is 0.00000338. The van der Waals surface area contributed by atoms with Crippen LogP contribution in [0, 0.1) is 11.6 Å². The molecule has 2 rings (SSSR count). The van der Waals surface area contributed by atoms with Gasteiger partial charge in [0.05, 0.1) is 5.69 Å². The molecule has 1 fully saturated rings. The molecule has 26 heavy (non-hydrogen) atoms. The number of nitrogens with one attached hydrogen (secondary N) is 2. The zero-order chi connectivity index (χ0) is 18.1. The Morgan fingerprint density at radius 2 is 2.15 bits per heavy atom. The maximum atomic E-state index is 13.9. The highest BCUT2D eigenvalue weighted by atomic mass is 127. The van der Waals surface area contributed by atoms with Crippen molar-refractivity contribution in [3.05, 3.63) is 29.8 Å². The summed E-state index contributed by atoms with van der Waals surface area (Å²) < 4.78 is 27.0. The Hall–Kier alpha value is -0.770. The monoisotopic (exact) mass is 498 g/mol. The molecule has 1 aromatic rings. The third-order valence-electron chi connectivity index (χ3n) is 4.15. The molecule has 0 radical (unpaired) electrons. The van der Waals surface area contributed by atoms with E-state index in [0.717, 1.165) is 44.5 Å². The number of unbranched alkanes of at least 4 members (excludes halogenated alkanes) is 1. The van der Waals surface area contributed by atoms with E-state index in [1.54, 1.807) is 0 Å². The highest BCUT2D eigenvalue weighted by molar-refractivity contribution is 14.0. The van der Waals surface area contributed by atoms with Gasteiger partial charge in [0.15, 0.2) is 5.96 Å². The fourth-order valence-electron chi connectivity index (χ4n) is 2.90. The van der Waals surface area contributed by atoms with Crippen LogP contribution in [-0.4, -0.2) is 50.2 Å². The van der Waals surface area contributed by atoms with Gasteiger partial charge >= 0.3 is 0 Å². The molecular formula is C18H29F2IN4S. The number of thioether (sulfide) groups is 1. The number of aliphatic imine (C=N–C) groups is 1. The summed E-state index contributed by atoms with van der Waals surface area (Å²) in [7, 11) is 0. The zero-order valence-electron chi connectivity index (χ0n) is 15.4. The number of benzene rings is 1. The van der Waals surface area contributed by atoms with E-state index >= 15 is 0 Å². The minimum atomic E-state index is -0.543. The molecule has 1 unspecified atom stereocenters. The molecule has 0 aromatic heterocycles. The van der Waals surface area contributed by atoms with Crippen molar-refractivity contribution in [2.45, 2.75) is 32.2 Å². The van der Waals surface area contributed by atoms with Crippen LogP contribution in [0.4, 0.5) is 14.5 Å². The summed E-state index contributed by atoms with van der Waals surface area (Å²) in [6.45, 7) is 5.07. The summed E-state index contributed by atoms with van der Waals surface area (Å²) in [6, 6.07) is 3.96. The van der Waals surface area contributed by atoms with Gasteiger partial charge in [-0.1, -0.05) is 0 Å². The van der Waals surface area contributed by atoms with Gasteiger partial charge in [0.1, 0.15) is 11.6 Å². The number of halogens is 3. The SMILES string of the molecule is CCNC(=NCCCCSC)NC1CCN(c2ccc(F)cc2F)C1.I. The average molecular weight is 498 g/mol. The first kappa shape index (κ1) is 23.3. The van der Waals surface area contributed by atoms with Gasteiger partial charge in [-0.2, -0.15) is 11.8 Å². The van der Waals surface area contributed by atoms with Gasteiger partial charge in [-0.05, 0) is 50.3 Å². The lowest BCUT2D eigenvalue weighted by Crippen LogP contribution is -2.44. The summed E-state index contributed by atoms with van der Waals surface area (Å²) in [6.07, 6.45) is 5.26. The Labute approximate surface area is 176 Å². The highest BCUT2D eigenvalue weighted by Crippen LogP contribution is 2.24. The van der Waals surface area contributed by atoms with Crippen LogP contribution in [0.2, 0.25) is 0 Å². The van der Waals surface area contributed by atoms with E-state index in [-0.39, 0.29) is 30.0 Å². The van der Waals surface area contributed by atoms with E-state index in [4.69, 9.17) is 0 Å². The second-order valence-electron chi connectivity index (χ2n) is 6.13. The Morgan fingerprint density at radius 3 is 2.85 bits per heavy atom. The van der Waals surface area contributed by atoms with Gasteiger partial charge in [0, 0.05) is 38.3 Å². The molecule has 2 N–H and O–H groups in total. The lowest BCUT2D eigenvalue weighted by molar-refractivity contribution is 0.580. The third-order valence-corrected chi connectivity index (χ3v) is 4.85. The van der Waals surface area contributed by atoms with Crippen molar-refractivity contribution >= 4 is 47.4 Å². The van der Waals surface area contributed by atoms with Crippen LogP contribution < -0.4 is 15.5 Å². The molecule has 1 aromatic carbocycles. The van der Waals surface area contributed by atoms with E-state index < -0.39 is 11.6 Å². The van der Waals surface area contributed by atoms with E-state index in [1.807, 2.05) is 23.6 Å². The lowest BCUT2D eigenvalue weighted by Gasteiger charge is -2.21. The van der Waals surface area contributed by atoms with Crippen molar-refractivity contribution in [3.63, 3.8) is 0 Å². The van der Waals surface area contributed by atoms with Gasteiger partial charge in [-0.3, -0.25) is 4.99 Å². The average Bonchev–Trinajstić information content (AvgIpc) is 3.03. The fraction of sp³-hybridized carbons (Fsp3) is 0.611. The first-order chi connectivity index (χ1) is 12.1. The molecule has 4 nitrogen and oxygen atoms in total. The van der Waals surface area contributed by atoms with E-state index in [1.165, 1.54) is 24.3 Å². The minimum Gasteiger partial charge on any atom is -0.367 e. The van der Waals surface area contributed by atoms with Crippen LogP contribution in [0.3, 0.4) is 0 Å². The van der Waals surface area contributed by atoms with Crippen molar-refractivity contribution in [3.8, 4) is 0 Å². The molecule has 1 atom stereocenters. The van der Waals surface area contributed by atoms with Crippen LogP contribution in [0.25, 0.3) is 0 Å². The number of hydrogen-bond acceptors (Lipinski definition) is 3. The molecule has 148 valence electrons. The van der Waals surface area contributed by atoms with Crippen molar-refractivity contribution in [2.24, 2.45) is 4.99 Å². The van der Waals surface area contributed by atoms with Crippen LogP contribution in [-0.2, 0) is 0 Å². The molecule has 1 saturated heterocycles. The summed E-state index contributed by atoms with van der Waals surface area (Å²) in [5.74, 6) is 0.937. The van der Waals surface area contributed by atoms with E-state index in [9.17, 15) is 8.78 Å². The molecular weight excluding hydrogens is 469 g/mol. The largest absolute Gasteiger partial charge is 0.367 e. The standard InChI is InChI=1S/C18H28F2N4S.HI/c1-3-21-18(22-9-4-5-11-25-2)23-15-8-10-24(13-15)17-7-6-14(19)12-16(17)20;/h6-7,12,15H,3-5,8-11,13H2,1-2H3,(H2,21,22,23);1H. The van der Waals surface area contributed by atoms with Gasteiger partial charge in [0.2, 0.25) is 0 Å². The van der Waals surface area contributed by atoms with Crippen molar-refractivity contribution < 1.29 is 8.78 Å². The maximum Gasteiger partial charge on any atom is 0.191 e. The molecule has 0 amide bonds. The molecule has 1 aliphatic rings. The maximum absolute atomic E-state index is 13.9. The van der Waals surface area contributed by atoms with Crippen LogP contribution in [0.1, 0.15) is 26.2 Å². The van der Waals surface area contributed by atoms with Crippen LogP contribution in [0.5, 0.6) is 0 Å². The van der Waals surface area contributed by atoms with Crippen molar-refractivity contribution in [2.75, 3.05) is 43.1 Å². The van der Waals surface area contributed by atoms with Crippen molar-refractivity contribution in [1.82, 2.24) is 10.6 Å². The molecule has 0 saturated carbocycles. The minimum absolute atomic E-state index is 0. The number of anilines is 1. The summed E-state index contributed by atoms with van der Waals surface area (Å²) in [5, 5.41) is 6.70. The molecule has 1 aliphatic heterocycles. The molecule has 8 heteroatoms. The molecule has 0 spiro atoms. The van der Waals surface area contributed by atoms with Crippen molar-refractivity contribution in [1.29, 1.82) is 0 Å². The third kappa shape index (κ3) is 7.46. The zero-order valence-corrected chi connectivity index (χ0v) is 18.6. The second-order valence-corrected chi connectivity index (χ2v) is 7.12. The predicted molar refractivity (Wildman–Crippen MR) is 119 cm³/mol. The Morgan fingerprint density at radius 1 is 1.35 bits per heavy atom. The lowest BCUT2D eigenvalue weighted by atomic mass is 10.2. The van der Waals surface area contributed by atoms with Gasteiger partial charge < -0.3 is 15.5 Å². The molecule has 0 bridgehead atoms. The number of guanidine groups is 1. The summed E-state index contributed by atoms with van der Waals surface area (Å²) >= 11 is 1.86. The van der Waals surface area contributed by atoms with Gasteiger partial charge in [0.25, 0.3) is 0 Å². The second kappa shape index (κ2) is 12.6. The first-order valence-electron chi connectivity index (χ1n) is 8.87. The van der Waals surface area contributed by atoms with Gasteiger partial charge in [-0.15, -0.1) is 24.0 Å². The first-order valence-corrected chi connectivity index (χ1v) is 10.3. The molecule has 0 aliphatic carbocycles. The number of nitrogens with zero attached hydrogens (tertiary/aromatic N) is 2. The van der Waals surface area contributed by atoms with E-state index in [2.05, 4.69) is 21.9 Å². The highest BCUT2D eigenvalue weighted by Gasteiger charge is 2.25. The topological polar surface area (TPSA) is 39.7 Å². The summed E-state index contributed by atoms with van der Waals surface area (Å²) in [4.78, 5) is 6.57. The van der Waals surface area contributed by atoms with Crippen LogP contribution in [0.15, 0.2) is 23.2 Å². The fourth-order valence-corrected chi connectivity index (χ4v) is 3.39. The normalized spacial score (nSPS) is 17.2. The number of hydrogen-bond donors (Lipinski definition) is 2. The summed E-state index contributed by atoms with van der Waals surface area (Å²) in [5.41, 5.74) is 0.463. The predicted octanol–water partition coefficient (Wildman–Crippen LogP) is 3.86.